The van der Waals surface area contributed by atoms with Crippen molar-refractivity contribution in [3.63, 3.8) is 0 Å². The van der Waals surface area contributed by atoms with Crippen LogP contribution in [0.15, 0.2) is 47.4 Å². The lowest BCUT2D eigenvalue weighted by atomic mass is 10.0. The van der Waals surface area contributed by atoms with Gasteiger partial charge >= 0.3 is 0 Å². The van der Waals surface area contributed by atoms with Crippen molar-refractivity contribution < 1.29 is 13.2 Å². The van der Waals surface area contributed by atoms with Crippen molar-refractivity contribution in [3.05, 3.63) is 59.2 Å². The van der Waals surface area contributed by atoms with E-state index in [-0.39, 0.29) is 23.8 Å². The number of hydrogen-bond donors (Lipinski definition) is 2. The Balaban J connectivity index is 1.90. The van der Waals surface area contributed by atoms with Crippen LogP contribution in [0, 0.1) is 13.8 Å². The van der Waals surface area contributed by atoms with Gasteiger partial charge in [0.15, 0.2) is 0 Å². The second-order valence-electron chi connectivity index (χ2n) is 6.74. The first-order valence-electron chi connectivity index (χ1n) is 8.66. The molecule has 2 N–H and O–H groups in total. The zero-order valence-electron chi connectivity index (χ0n) is 15.7. The van der Waals surface area contributed by atoms with E-state index in [4.69, 9.17) is 0 Å². The Morgan fingerprint density at radius 3 is 2.27 bits per heavy atom. The van der Waals surface area contributed by atoms with E-state index in [1.165, 1.54) is 0 Å². The third kappa shape index (κ3) is 5.41. The largest absolute Gasteiger partial charge is 0.326 e. The second-order valence-corrected chi connectivity index (χ2v) is 8.51. The van der Waals surface area contributed by atoms with E-state index in [1.54, 1.807) is 12.1 Å². The fourth-order valence-electron chi connectivity index (χ4n) is 2.58. The van der Waals surface area contributed by atoms with Crippen molar-refractivity contribution in [2.24, 2.45) is 0 Å². The van der Waals surface area contributed by atoms with Crippen LogP contribution in [0.3, 0.4) is 0 Å². The van der Waals surface area contributed by atoms with Gasteiger partial charge in [-0.2, -0.15) is 0 Å². The van der Waals surface area contributed by atoms with E-state index >= 15 is 0 Å². The number of benzene rings is 2. The molecule has 2 aromatic rings. The maximum Gasteiger partial charge on any atom is 0.240 e. The van der Waals surface area contributed by atoms with Gasteiger partial charge in [0.25, 0.3) is 0 Å². The Morgan fingerprint density at radius 2 is 1.69 bits per heavy atom. The summed E-state index contributed by atoms with van der Waals surface area (Å²) in [5, 5.41) is 2.81. The summed E-state index contributed by atoms with van der Waals surface area (Å²) in [5.74, 6) is 0.114. The Bertz CT molecular complexity index is 872. The minimum absolute atomic E-state index is 0.0466. The second kappa shape index (κ2) is 8.47. The van der Waals surface area contributed by atoms with Crippen molar-refractivity contribution >= 4 is 21.6 Å². The summed E-state index contributed by atoms with van der Waals surface area (Å²) in [4.78, 5) is 12.3. The van der Waals surface area contributed by atoms with E-state index in [2.05, 4.69) is 23.9 Å². The van der Waals surface area contributed by atoms with Gasteiger partial charge in [0.2, 0.25) is 15.9 Å². The Hall–Kier alpha value is -2.18. The lowest BCUT2D eigenvalue weighted by Gasteiger charge is -2.11. The van der Waals surface area contributed by atoms with Crippen molar-refractivity contribution in [2.75, 3.05) is 11.9 Å². The van der Waals surface area contributed by atoms with Gasteiger partial charge in [-0.3, -0.25) is 4.79 Å². The van der Waals surface area contributed by atoms with Gasteiger partial charge in [-0.05, 0) is 49.1 Å². The van der Waals surface area contributed by atoms with Crippen molar-refractivity contribution in [3.8, 4) is 0 Å². The van der Waals surface area contributed by atoms with Gasteiger partial charge in [0.1, 0.15) is 0 Å². The molecule has 0 atom stereocenters. The van der Waals surface area contributed by atoms with Gasteiger partial charge in [0, 0.05) is 18.7 Å². The minimum Gasteiger partial charge on any atom is -0.326 e. The lowest BCUT2D eigenvalue weighted by molar-refractivity contribution is -0.116. The average Bonchev–Trinajstić information content (AvgIpc) is 2.57. The summed E-state index contributed by atoms with van der Waals surface area (Å²) in [5.41, 5.74) is 3.92. The molecule has 0 fully saturated rings. The van der Waals surface area contributed by atoms with Crippen LogP contribution in [-0.4, -0.2) is 20.9 Å². The highest BCUT2D eigenvalue weighted by atomic mass is 32.2. The van der Waals surface area contributed by atoms with Gasteiger partial charge in [-0.15, -0.1) is 0 Å². The third-order valence-electron chi connectivity index (χ3n) is 4.16. The van der Waals surface area contributed by atoms with Gasteiger partial charge in [-0.1, -0.05) is 43.7 Å². The molecule has 140 valence electrons. The number of anilines is 1. The van der Waals surface area contributed by atoms with Crippen LogP contribution in [0.5, 0.6) is 0 Å². The van der Waals surface area contributed by atoms with Crippen LogP contribution < -0.4 is 10.0 Å². The van der Waals surface area contributed by atoms with Crippen LogP contribution in [-0.2, 0) is 14.8 Å². The molecule has 2 aromatic carbocycles. The molecule has 0 spiro atoms. The summed E-state index contributed by atoms with van der Waals surface area (Å²) in [6.45, 7) is 8.06. The molecule has 0 radical (unpaired) electrons. The highest BCUT2D eigenvalue weighted by Gasteiger charge is 2.14. The van der Waals surface area contributed by atoms with Gasteiger partial charge < -0.3 is 5.32 Å². The average molecular weight is 375 g/mol. The molecule has 6 heteroatoms. The topological polar surface area (TPSA) is 75.3 Å². The van der Waals surface area contributed by atoms with Crippen LogP contribution in [0.2, 0.25) is 0 Å². The maximum atomic E-state index is 12.3. The molecule has 0 aromatic heterocycles. The zero-order valence-corrected chi connectivity index (χ0v) is 16.5. The molecule has 1 amide bonds. The molecule has 5 nitrogen and oxygen atoms in total. The predicted octanol–water partition coefficient (Wildman–Crippen LogP) is 3.73. The predicted molar refractivity (Wildman–Crippen MR) is 105 cm³/mol. The summed E-state index contributed by atoms with van der Waals surface area (Å²) >= 11 is 0. The van der Waals surface area contributed by atoms with E-state index in [9.17, 15) is 13.2 Å². The minimum atomic E-state index is -3.62. The Labute approximate surface area is 155 Å². The van der Waals surface area contributed by atoms with Crippen molar-refractivity contribution in [1.82, 2.24) is 4.72 Å². The zero-order chi connectivity index (χ0) is 19.3. The number of nitrogens with one attached hydrogen (secondary N) is 2. The summed E-state index contributed by atoms with van der Waals surface area (Å²) < 4.78 is 27.1. The van der Waals surface area contributed by atoms with Crippen LogP contribution in [0.1, 0.15) is 42.9 Å². The molecule has 0 saturated heterocycles. The molecule has 0 heterocycles. The normalized spacial score (nSPS) is 11.6. The number of carbonyl (C=O) groups excluding carboxylic acids is 1. The molecule has 0 unspecified atom stereocenters. The Morgan fingerprint density at radius 1 is 1.04 bits per heavy atom. The van der Waals surface area contributed by atoms with Gasteiger partial charge in [0.05, 0.1) is 4.90 Å². The number of rotatable bonds is 7. The fraction of sp³-hybridized carbons (Fsp3) is 0.350. The van der Waals surface area contributed by atoms with Crippen molar-refractivity contribution in [2.45, 2.75) is 44.9 Å². The molecule has 0 aliphatic carbocycles. The van der Waals surface area contributed by atoms with E-state index < -0.39 is 10.0 Å². The molecule has 0 bridgehead atoms. The monoisotopic (exact) mass is 374 g/mol. The first kappa shape index (κ1) is 20.1. The first-order valence-corrected chi connectivity index (χ1v) is 10.1. The summed E-state index contributed by atoms with van der Waals surface area (Å²) in [6, 6.07) is 12.6. The SMILES string of the molecule is Cc1ccc(NC(=O)CCNS(=O)(=O)c2ccc(C(C)C)cc2)c(C)c1. The van der Waals surface area contributed by atoms with E-state index in [1.807, 2.05) is 44.2 Å². The highest BCUT2D eigenvalue weighted by molar-refractivity contribution is 7.89. The molecule has 26 heavy (non-hydrogen) atoms. The summed E-state index contributed by atoms with van der Waals surface area (Å²) in [6.07, 6.45) is 0.0661. The number of sulfonamides is 1. The van der Waals surface area contributed by atoms with Crippen LogP contribution in [0.25, 0.3) is 0 Å². The van der Waals surface area contributed by atoms with E-state index in [0.717, 1.165) is 22.4 Å². The van der Waals surface area contributed by atoms with Crippen molar-refractivity contribution in [1.29, 1.82) is 0 Å². The quantitative estimate of drug-likeness (QED) is 0.775. The van der Waals surface area contributed by atoms with Crippen LogP contribution >= 0.6 is 0 Å². The maximum absolute atomic E-state index is 12.3. The molecular formula is C20H26N2O3S. The van der Waals surface area contributed by atoms with E-state index in [0.29, 0.717) is 5.92 Å². The standard InChI is InChI=1S/C20H26N2O3S/c1-14(2)17-6-8-18(9-7-17)26(24,25)21-12-11-20(23)22-19-10-5-15(3)13-16(19)4/h5-10,13-14,21H,11-12H2,1-4H3,(H,22,23). The van der Waals surface area contributed by atoms with Crippen LogP contribution in [0.4, 0.5) is 5.69 Å². The highest BCUT2D eigenvalue weighted by Crippen LogP contribution is 2.18. The molecule has 2 rings (SSSR count). The van der Waals surface area contributed by atoms with Gasteiger partial charge in [-0.25, -0.2) is 13.1 Å². The third-order valence-corrected chi connectivity index (χ3v) is 5.63. The molecule has 0 aliphatic heterocycles. The molecule has 0 saturated carbocycles. The first-order chi connectivity index (χ1) is 12.2. The fourth-order valence-corrected chi connectivity index (χ4v) is 3.61. The molecular weight excluding hydrogens is 348 g/mol. The summed E-state index contributed by atoms with van der Waals surface area (Å²) in [7, 11) is -3.62. The molecule has 0 aliphatic rings. The number of hydrogen-bond acceptors (Lipinski definition) is 3. The number of carbonyl (C=O) groups is 1. The number of amides is 1. The smallest absolute Gasteiger partial charge is 0.240 e. The Kier molecular flexibility index (Phi) is 6.56. The lowest BCUT2D eigenvalue weighted by Crippen LogP contribution is -2.28. The number of aryl methyl sites for hydroxylation is 2.